The van der Waals surface area contributed by atoms with Crippen molar-refractivity contribution in [3.8, 4) is 0 Å². The van der Waals surface area contributed by atoms with Gasteiger partial charge in [0.05, 0.1) is 12.2 Å². The summed E-state index contributed by atoms with van der Waals surface area (Å²) in [4.78, 5) is 4.40. The average molecular weight is 226 g/mol. The zero-order chi connectivity index (χ0) is 10.7. The van der Waals surface area contributed by atoms with E-state index in [4.69, 9.17) is 4.74 Å². The summed E-state index contributed by atoms with van der Waals surface area (Å²) < 4.78 is 5.96. The van der Waals surface area contributed by atoms with Crippen LogP contribution in [0.4, 0.5) is 0 Å². The topological polar surface area (TPSA) is 34.1 Å². The first kappa shape index (κ1) is 11.0. The Morgan fingerprint density at radius 2 is 2.53 bits per heavy atom. The normalized spacial score (nSPS) is 26.8. The highest BCUT2D eigenvalue weighted by atomic mass is 32.1. The first-order valence-electron chi connectivity index (χ1n) is 5.44. The fourth-order valence-corrected chi connectivity index (χ4v) is 2.54. The van der Waals surface area contributed by atoms with Crippen molar-refractivity contribution in [2.45, 2.75) is 38.9 Å². The molecule has 2 heterocycles. The minimum Gasteiger partial charge on any atom is -0.367 e. The minimum atomic E-state index is -0.00216. The Labute approximate surface area is 94.9 Å². The highest BCUT2D eigenvalue weighted by Gasteiger charge is 2.27. The molecule has 0 saturated carbocycles. The molecular formula is C11H18N2OS. The van der Waals surface area contributed by atoms with E-state index in [-0.39, 0.29) is 5.60 Å². The number of rotatable bonds is 3. The van der Waals surface area contributed by atoms with Gasteiger partial charge in [-0.05, 0) is 33.2 Å². The van der Waals surface area contributed by atoms with Gasteiger partial charge in [0.2, 0.25) is 0 Å². The van der Waals surface area contributed by atoms with Gasteiger partial charge < -0.3 is 10.1 Å². The summed E-state index contributed by atoms with van der Waals surface area (Å²) in [7, 11) is 0. The summed E-state index contributed by atoms with van der Waals surface area (Å²) in [5.74, 6) is 0. The van der Waals surface area contributed by atoms with E-state index in [1.165, 1.54) is 6.42 Å². The monoisotopic (exact) mass is 226 g/mol. The molecule has 0 spiro atoms. The lowest BCUT2D eigenvalue weighted by Crippen LogP contribution is -2.45. The molecule has 1 aromatic heterocycles. The van der Waals surface area contributed by atoms with Crippen molar-refractivity contribution < 1.29 is 4.74 Å². The number of nitrogens with zero attached hydrogens (tertiary/aromatic N) is 1. The fraction of sp³-hybridized carbons (Fsp3) is 0.727. The second kappa shape index (κ2) is 4.60. The van der Waals surface area contributed by atoms with Crippen molar-refractivity contribution in [1.82, 2.24) is 10.3 Å². The number of aromatic nitrogens is 1. The predicted molar refractivity (Wildman–Crippen MR) is 62.1 cm³/mol. The molecule has 84 valence electrons. The molecule has 1 aliphatic heterocycles. The molecule has 0 radical (unpaired) electrons. The largest absolute Gasteiger partial charge is 0.367 e. The SMILES string of the molecule is Cc1csc(COC2(C)CCCNC2)n1. The molecule has 1 saturated heterocycles. The molecule has 1 N–H and O–H groups in total. The van der Waals surface area contributed by atoms with Gasteiger partial charge in [0, 0.05) is 17.6 Å². The van der Waals surface area contributed by atoms with Gasteiger partial charge in [0.1, 0.15) is 5.01 Å². The van der Waals surface area contributed by atoms with Crippen molar-refractivity contribution in [1.29, 1.82) is 0 Å². The van der Waals surface area contributed by atoms with Crippen LogP contribution >= 0.6 is 11.3 Å². The van der Waals surface area contributed by atoms with E-state index in [2.05, 4.69) is 22.6 Å². The Morgan fingerprint density at radius 1 is 1.67 bits per heavy atom. The van der Waals surface area contributed by atoms with E-state index in [1.54, 1.807) is 11.3 Å². The fourth-order valence-electron chi connectivity index (χ4n) is 1.86. The second-order valence-electron chi connectivity index (χ2n) is 4.40. The Kier molecular flexibility index (Phi) is 3.38. The summed E-state index contributed by atoms with van der Waals surface area (Å²) in [6.07, 6.45) is 2.34. The maximum absolute atomic E-state index is 5.96. The van der Waals surface area contributed by atoms with Gasteiger partial charge in [0.25, 0.3) is 0 Å². The van der Waals surface area contributed by atoms with Gasteiger partial charge >= 0.3 is 0 Å². The van der Waals surface area contributed by atoms with Gasteiger partial charge in [-0.3, -0.25) is 0 Å². The third kappa shape index (κ3) is 3.00. The second-order valence-corrected chi connectivity index (χ2v) is 5.34. The molecule has 2 rings (SSSR count). The van der Waals surface area contributed by atoms with Gasteiger partial charge in [-0.1, -0.05) is 0 Å². The van der Waals surface area contributed by atoms with Crippen molar-refractivity contribution in [3.63, 3.8) is 0 Å². The highest BCUT2D eigenvalue weighted by Crippen LogP contribution is 2.22. The molecule has 15 heavy (non-hydrogen) atoms. The summed E-state index contributed by atoms with van der Waals surface area (Å²) >= 11 is 1.68. The van der Waals surface area contributed by atoms with Crippen molar-refractivity contribution in [3.05, 3.63) is 16.1 Å². The van der Waals surface area contributed by atoms with Gasteiger partial charge in [-0.2, -0.15) is 0 Å². The van der Waals surface area contributed by atoms with E-state index < -0.39 is 0 Å². The van der Waals surface area contributed by atoms with Crippen LogP contribution in [-0.4, -0.2) is 23.7 Å². The molecular weight excluding hydrogens is 208 g/mol. The van der Waals surface area contributed by atoms with Crippen LogP contribution in [0, 0.1) is 6.92 Å². The number of thiazole rings is 1. The van der Waals surface area contributed by atoms with Gasteiger partial charge in [-0.15, -0.1) is 11.3 Å². The van der Waals surface area contributed by atoms with Crippen molar-refractivity contribution in [2.24, 2.45) is 0 Å². The highest BCUT2D eigenvalue weighted by molar-refractivity contribution is 7.09. The van der Waals surface area contributed by atoms with Crippen molar-refractivity contribution in [2.75, 3.05) is 13.1 Å². The molecule has 0 bridgehead atoms. The number of aryl methyl sites for hydroxylation is 1. The Morgan fingerprint density at radius 3 is 3.13 bits per heavy atom. The van der Waals surface area contributed by atoms with Crippen LogP contribution in [-0.2, 0) is 11.3 Å². The van der Waals surface area contributed by atoms with E-state index >= 15 is 0 Å². The lowest BCUT2D eigenvalue weighted by atomic mass is 9.96. The summed E-state index contributed by atoms with van der Waals surface area (Å²) in [6, 6.07) is 0. The number of hydrogen-bond donors (Lipinski definition) is 1. The smallest absolute Gasteiger partial charge is 0.119 e. The standard InChI is InChI=1S/C11H18N2OS/c1-9-7-15-10(13-9)6-14-11(2)4-3-5-12-8-11/h7,12H,3-6,8H2,1-2H3. The molecule has 0 aliphatic carbocycles. The quantitative estimate of drug-likeness (QED) is 0.857. The van der Waals surface area contributed by atoms with Crippen molar-refractivity contribution >= 4 is 11.3 Å². The van der Waals surface area contributed by atoms with E-state index in [1.807, 2.05) is 6.92 Å². The summed E-state index contributed by atoms with van der Waals surface area (Å²) in [6.45, 7) is 6.92. The van der Waals surface area contributed by atoms with Gasteiger partial charge in [-0.25, -0.2) is 4.98 Å². The zero-order valence-corrected chi connectivity index (χ0v) is 10.2. The van der Waals surface area contributed by atoms with E-state index in [9.17, 15) is 0 Å². The molecule has 1 atom stereocenters. The molecule has 1 fully saturated rings. The Hall–Kier alpha value is -0.450. The average Bonchev–Trinajstić information content (AvgIpc) is 2.63. The van der Waals surface area contributed by atoms with Crippen LogP contribution < -0.4 is 5.32 Å². The van der Waals surface area contributed by atoms with E-state index in [0.717, 1.165) is 30.2 Å². The van der Waals surface area contributed by atoms with Crippen LogP contribution in [0.25, 0.3) is 0 Å². The molecule has 1 aliphatic rings. The molecule has 0 amide bonds. The number of nitrogens with one attached hydrogen (secondary N) is 1. The van der Waals surface area contributed by atoms with Gasteiger partial charge in [0.15, 0.2) is 0 Å². The Balaban J connectivity index is 1.86. The molecule has 4 heteroatoms. The van der Waals surface area contributed by atoms with E-state index in [0.29, 0.717) is 6.61 Å². The molecule has 1 aromatic rings. The number of piperidine rings is 1. The third-order valence-electron chi connectivity index (χ3n) is 2.77. The predicted octanol–water partition coefficient (Wildman–Crippen LogP) is 2.11. The van der Waals surface area contributed by atoms with Crippen LogP contribution in [0.1, 0.15) is 30.5 Å². The zero-order valence-electron chi connectivity index (χ0n) is 9.38. The minimum absolute atomic E-state index is 0.00216. The number of ether oxygens (including phenoxy) is 1. The maximum Gasteiger partial charge on any atom is 0.119 e. The maximum atomic E-state index is 5.96. The first-order valence-corrected chi connectivity index (χ1v) is 6.32. The molecule has 1 unspecified atom stereocenters. The lowest BCUT2D eigenvalue weighted by Gasteiger charge is -2.33. The van der Waals surface area contributed by atoms with Crippen LogP contribution in [0.3, 0.4) is 0 Å². The Bertz CT molecular complexity index is 318. The summed E-state index contributed by atoms with van der Waals surface area (Å²) in [5.41, 5.74) is 1.09. The molecule has 3 nitrogen and oxygen atoms in total. The van der Waals surface area contributed by atoms with Crippen LogP contribution in [0.2, 0.25) is 0 Å². The summed E-state index contributed by atoms with van der Waals surface area (Å²) in [5, 5.41) is 6.53. The van der Waals surface area contributed by atoms with Crippen LogP contribution in [0.15, 0.2) is 5.38 Å². The lowest BCUT2D eigenvalue weighted by molar-refractivity contribution is -0.0572. The number of hydrogen-bond acceptors (Lipinski definition) is 4. The molecule has 0 aromatic carbocycles. The third-order valence-corrected chi connectivity index (χ3v) is 3.71. The van der Waals surface area contributed by atoms with Crippen LogP contribution in [0.5, 0.6) is 0 Å². The first-order chi connectivity index (χ1) is 7.18.